The first-order valence-corrected chi connectivity index (χ1v) is 5.39. The van der Waals surface area contributed by atoms with Crippen molar-refractivity contribution in [3.05, 3.63) is 35.9 Å². The minimum Gasteiger partial charge on any atom is -0.383 e. The van der Waals surface area contributed by atoms with Crippen LogP contribution in [0.25, 0.3) is 0 Å². The maximum absolute atomic E-state index is 12.0. The largest absolute Gasteiger partial charge is 0.491 e. The Morgan fingerprint density at radius 3 is 2.55 bits per heavy atom. The molecule has 2 N–H and O–H groups in total. The standard InChI is InChI=1S/C11H9F3N4O2/c12-11(13,14)8(19)20-10-16-9(15)18(17-10)6-7-4-2-1-3-5-7/h1-5H,6H2,(H2,15,16,17). The molecule has 0 saturated heterocycles. The number of nitrogens with zero attached hydrogens (tertiary/aromatic N) is 3. The average molecular weight is 286 g/mol. The summed E-state index contributed by atoms with van der Waals surface area (Å²) in [5, 5.41) is 3.60. The van der Waals surface area contributed by atoms with Crippen LogP contribution in [0.15, 0.2) is 30.3 Å². The molecule has 0 aliphatic heterocycles. The van der Waals surface area contributed by atoms with Gasteiger partial charge in [-0.25, -0.2) is 9.48 Å². The van der Waals surface area contributed by atoms with Crippen LogP contribution in [0, 0.1) is 0 Å². The number of benzene rings is 1. The van der Waals surface area contributed by atoms with E-state index in [0.717, 1.165) is 10.2 Å². The summed E-state index contributed by atoms with van der Waals surface area (Å²) >= 11 is 0. The van der Waals surface area contributed by atoms with Crippen molar-refractivity contribution in [2.45, 2.75) is 12.7 Å². The van der Waals surface area contributed by atoms with Crippen molar-refractivity contribution in [3.8, 4) is 6.01 Å². The van der Waals surface area contributed by atoms with Gasteiger partial charge in [-0.2, -0.15) is 18.2 Å². The molecule has 0 radical (unpaired) electrons. The molecular weight excluding hydrogens is 277 g/mol. The van der Waals surface area contributed by atoms with Crippen molar-refractivity contribution in [1.29, 1.82) is 0 Å². The Hall–Kier alpha value is -2.58. The van der Waals surface area contributed by atoms with Crippen LogP contribution in [-0.2, 0) is 11.3 Å². The van der Waals surface area contributed by atoms with Crippen molar-refractivity contribution in [2.75, 3.05) is 5.73 Å². The summed E-state index contributed by atoms with van der Waals surface area (Å²) in [6.45, 7) is 0.198. The first-order chi connectivity index (χ1) is 9.36. The molecule has 2 aromatic rings. The molecule has 0 unspecified atom stereocenters. The molecule has 0 aliphatic rings. The van der Waals surface area contributed by atoms with E-state index in [0.29, 0.717) is 0 Å². The van der Waals surface area contributed by atoms with Crippen LogP contribution in [0.5, 0.6) is 6.01 Å². The molecule has 1 aromatic carbocycles. The second-order valence-electron chi connectivity index (χ2n) is 3.78. The molecule has 0 fully saturated rings. The number of nitrogens with two attached hydrogens (primary N) is 1. The van der Waals surface area contributed by atoms with Gasteiger partial charge in [-0.05, 0) is 5.56 Å². The monoisotopic (exact) mass is 286 g/mol. The minimum absolute atomic E-state index is 0.154. The summed E-state index contributed by atoms with van der Waals surface area (Å²) in [5.74, 6) is -2.55. The highest BCUT2D eigenvalue weighted by atomic mass is 19.4. The van der Waals surface area contributed by atoms with Gasteiger partial charge in [0, 0.05) is 0 Å². The number of carbonyl (C=O) groups is 1. The molecule has 0 amide bonds. The number of hydrogen-bond acceptors (Lipinski definition) is 5. The summed E-state index contributed by atoms with van der Waals surface area (Å²) in [7, 11) is 0. The Balaban J connectivity index is 2.12. The Kier molecular flexibility index (Phi) is 3.59. The number of aromatic nitrogens is 3. The zero-order valence-electron chi connectivity index (χ0n) is 9.96. The molecule has 1 aromatic heterocycles. The van der Waals surface area contributed by atoms with E-state index in [9.17, 15) is 18.0 Å². The zero-order chi connectivity index (χ0) is 14.8. The second kappa shape index (κ2) is 5.19. The minimum atomic E-state index is -5.11. The van der Waals surface area contributed by atoms with Crippen LogP contribution in [0.3, 0.4) is 0 Å². The van der Waals surface area contributed by atoms with Crippen molar-refractivity contribution < 1.29 is 22.7 Å². The van der Waals surface area contributed by atoms with E-state index >= 15 is 0 Å². The summed E-state index contributed by atoms with van der Waals surface area (Å²) in [6, 6.07) is 8.20. The van der Waals surface area contributed by atoms with Crippen molar-refractivity contribution in [1.82, 2.24) is 14.8 Å². The van der Waals surface area contributed by atoms with Gasteiger partial charge in [-0.3, -0.25) is 0 Å². The van der Waals surface area contributed by atoms with Crippen LogP contribution >= 0.6 is 0 Å². The Morgan fingerprint density at radius 2 is 1.95 bits per heavy atom. The Morgan fingerprint density at radius 1 is 1.30 bits per heavy atom. The lowest BCUT2D eigenvalue weighted by Gasteiger charge is -2.03. The predicted octanol–water partition coefficient (Wildman–Crippen LogP) is 1.38. The summed E-state index contributed by atoms with van der Waals surface area (Å²) in [6.07, 6.45) is -5.11. The molecule has 0 atom stereocenters. The van der Waals surface area contributed by atoms with Crippen LogP contribution < -0.4 is 10.5 Å². The fourth-order valence-electron chi connectivity index (χ4n) is 1.39. The van der Waals surface area contributed by atoms with E-state index < -0.39 is 18.2 Å². The smallest absolute Gasteiger partial charge is 0.383 e. The lowest BCUT2D eigenvalue weighted by Crippen LogP contribution is -2.28. The Labute approximate surface area is 111 Å². The molecule has 0 spiro atoms. The second-order valence-corrected chi connectivity index (χ2v) is 3.78. The van der Waals surface area contributed by atoms with E-state index in [1.165, 1.54) is 0 Å². The number of alkyl halides is 3. The number of rotatable bonds is 3. The lowest BCUT2D eigenvalue weighted by atomic mass is 10.2. The van der Waals surface area contributed by atoms with Gasteiger partial charge in [0.05, 0.1) is 6.54 Å². The number of carbonyl (C=O) groups excluding carboxylic acids is 1. The van der Waals surface area contributed by atoms with Crippen LogP contribution in [0.4, 0.5) is 19.1 Å². The molecule has 0 aliphatic carbocycles. The summed E-state index contributed by atoms with van der Waals surface area (Å²) < 4.78 is 41.2. The number of nitrogen functional groups attached to an aromatic ring is 1. The number of esters is 1. The van der Waals surface area contributed by atoms with E-state index in [2.05, 4.69) is 14.8 Å². The molecule has 2 rings (SSSR count). The van der Waals surface area contributed by atoms with E-state index in [1.54, 1.807) is 24.3 Å². The van der Waals surface area contributed by atoms with Crippen LogP contribution in [0.1, 0.15) is 5.56 Å². The zero-order valence-corrected chi connectivity index (χ0v) is 9.96. The van der Waals surface area contributed by atoms with Gasteiger partial charge in [0.2, 0.25) is 5.95 Å². The fourth-order valence-corrected chi connectivity index (χ4v) is 1.39. The molecule has 106 valence electrons. The average Bonchev–Trinajstić information content (AvgIpc) is 2.70. The Bertz CT molecular complexity index is 610. The van der Waals surface area contributed by atoms with Gasteiger partial charge in [0.25, 0.3) is 0 Å². The first-order valence-electron chi connectivity index (χ1n) is 5.39. The number of halogens is 3. The third kappa shape index (κ3) is 3.25. The summed E-state index contributed by atoms with van der Waals surface area (Å²) in [5.41, 5.74) is 6.31. The first kappa shape index (κ1) is 13.8. The van der Waals surface area contributed by atoms with Gasteiger partial charge in [0.1, 0.15) is 0 Å². The molecule has 0 saturated carbocycles. The summed E-state index contributed by atoms with van der Waals surface area (Å²) in [4.78, 5) is 14.1. The third-order valence-electron chi connectivity index (χ3n) is 2.27. The molecule has 0 bridgehead atoms. The third-order valence-corrected chi connectivity index (χ3v) is 2.27. The van der Waals surface area contributed by atoms with Gasteiger partial charge < -0.3 is 10.5 Å². The number of hydrogen-bond donors (Lipinski definition) is 1. The molecule has 1 heterocycles. The highest BCUT2D eigenvalue weighted by Crippen LogP contribution is 2.18. The highest BCUT2D eigenvalue weighted by molar-refractivity contribution is 5.77. The lowest BCUT2D eigenvalue weighted by molar-refractivity contribution is -0.190. The highest BCUT2D eigenvalue weighted by Gasteiger charge is 2.42. The SMILES string of the molecule is Nc1nc(OC(=O)C(F)(F)F)nn1Cc1ccccc1. The maximum atomic E-state index is 12.0. The van der Waals surface area contributed by atoms with Gasteiger partial charge in [-0.1, -0.05) is 30.3 Å². The molecule has 9 heteroatoms. The topological polar surface area (TPSA) is 83.0 Å². The van der Waals surface area contributed by atoms with Crippen molar-refractivity contribution in [3.63, 3.8) is 0 Å². The quantitative estimate of drug-likeness (QED) is 0.862. The fraction of sp³-hybridized carbons (Fsp3) is 0.182. The van der Waals surface area contributed by atoms with E-state index in [-0.39, 0.29) is 12.5 Å². The van der Waals surface area contributed by atoms with Crippen LogP contribution in [-0.4, -0.2) is 26.9 Å². The number of anilines is 1. The molecular formula is C11H9F3N4O2. The van der Waals surface area contributed by atoms with Gasteiger partial charge >= 0.3 is 18.2 Å². The van der Waals surface area contributed by atoms with E-state index in [4.69, 9.17) is 5.73 Å². The van der Waals surface area contributed by atoms with Crippen molar-refractivity contribution >= 4 is 11.9 Å². The molecule has 6 nitrogen and oxygen atoms in total. The van der Waals surface area contributed by atoms with Gasteiger partial charge in [-0.15, -0.1) is 5.10 Å². The maximum Gasteiger partial charge on any atom is 0.491 e. The van der Waals surface area contributed by atoms with Gasteiger partial charge in [0.15, 0.2) is 0 Å². The normalized spacial score (nSPS) is 11.3. The predicted molar refractivity (Wildman–Crippen MR) is 61.7 cm³/mol. The van der Waals surface area contributed by atoms with E-state index in [1.807, 2.05) is 6.07 Å². The van der Waals surface area contributed by atoms with Crippen molar-refractivity contribution in [2.24, 2.45) is 0 Å². The molecule has 20 heavy (non-hydrogen) atoms. The van der Waals surface area contributed by atoms with Crippen LogP contribution in [0.2, 0.25) is 0 Å². The number of ether oxygens (including phenoxy) is 1.